The fourth-order valence-electron chi connectivity index (χ4n) is 3.71. The van der Waals surface area contributed by atoms with E-state index in [2.05, 4.69) is 45.9 Å². The van der Waals surface area contributed by atoms with Crippen LogP contribution in [0.4, 0.5) is 0 Å². The summed E-state index contributed by atoms with van der Waals surface area (Å²) in [6.07, 6.45) is 3.24. The van der Waals surface area contributed by atoms with E-state index in [1.165, 1.54) is 17.3 Å². The molecule has 0 atom stereocenters. The van der Waals surface area contributed by atoms with Crippen molar-refractivity contribution in [3.63, 3.8) is 0 Å². The zero-order chi connectivity index (χ0) is 19.9. The van der Waals surface area contributed by atoms with Crippen LogP contribution < -0.4 is 0 Å². The van der Waals surface area contributed by atoms with Crippen molar-refractivity contribution in [2.45, 2.75) is 31.0 Å². The largest absolute Gasteiger partial charge is 0.342 e. The Bertz CT molecular complexity index is 907. The molecule has 1 saturated heterocycles. The van der Waals surface area contributed by atoms with Crippen molar-refractivity contribution in [3.05, 3.63) is 71.8 Å². The van der Waals surface area contributed by atoms with Gasteiger partial charge in [0, 0.05) is 13.1 Å². The molecule has 7 heteroatoms. The maximum absolute atomic E-state index is 12.7. The van der Waals surface area contributed by atoms with Crippen molar-refractivity contribution in [2.75, 3.05) is 18.8 Å². The molecule has 1 aliphatic rings. The van der Waals surface area contributed by atoms with Gasteiger partial charge in [-0.2, -0.15) is 0 Å². The van der Waals surface area contributed by atoms with Crippen LogP contribution in [0.2, 0.25) is 0 Å². The molecule has 0 saturated carbocycles. The van der Waals surface area contributed by atoms with E-state index >= 15 is 0 Å². The average Bonchev–Trinajstić information content (AvgIpc) is 3.21. The van der Waals surface area contributed by atoms with Gasteiger partial charge in [-0.25, -0.2) is 4.68 Å². The highest BCUT2D eigenvalue weighted by atomic mass is 32.2. The lowest BCUT2D eigenvalue weighted by Gasteiger charge is -2.32. The lowest BCUT2D eigenvalue weighted by Crippen LogP contribution is -2.39. The number of hydrogen-bond acceptors (Lipinski definition) is 5. The molecule has 3 aromatic rings. The summed E-state index contributed by atoms with van der Waals surface area (Å²) in [7, 11) is 0. The number of thioether (sulfide) groups is 1. The molecule has 2 aromatic carbocycles. The molecule has 4 rings (SSSR count). The van der Waals surface area contributed by atoms with Crippen LogP contribution in [0.1, 0.15) is 24.0 Å². The molecule has 0 bridgehead atoms. The predicted octanol–water partition coefficient (Wildman–Crippen LogP) is 3.29. The van der Waals surface area contributed by atoms with Gasteiger partial charge >= 0.3 is 0 Å². The summed E-state index contributed by atoms with van der Waals surface area (Å²) < 4.78 is 1.75. The van der Waals surface area contributed by atoms with Crippen LogP contribution in [0, 0.1) is 5.92 Å². The molecule has 1 aliphatic heterocycles. The van der Waals surface area contributed by atoms with Crippen LogP contribution in [0.15, 0.2) is 65.8 Å². The first kappa shape index (κ1) is 19.6. The summed E-state index contributed by atoms with van der Waals surface area (Å²) in [6.45, 7) is 2.28. The Balaban J connectivity index is 1.24. The summed E-state index contributed by atoms with van der Waals surface area (Å²) in [6, 6.07) is 20.7. The van der Waals surface area contributed by atoms with Crippen molar-refractivity contribution >= 4 is 17.7 Å². The Morgan fingerprint density at radius 2 is 1.62 bits per heavy atom. The molecule has 0 N–H and O–H groups in total. The Labute approximate surface area is 175 Å². The van der Waals surface area contributed by atoms with Crippen LogP contribution in [0.3, 0.4) is 0 Å². The third kappa shape index (κ3) is 5.44. The van der Waals surface area contributed by atoms with E-state index in [-0.39, 0.29) is 5.91 Å². The molecule has 0 aliphatic carbocycles. The fourth-order valence-corrected chi connectivity index (χ4v) is 4.49. The number of carbonyl (C=O) groups is 1. The molecular formula is C22H25N5OS. The van der Waals surface area contributed by atoms with Gasteiger partial charge in [0.25, 0.3) is 0 Å². The van der Waals surface area contributed by atoms with Gasteiger partial charge in [0.05, 0.1) is 12.3 Å². The maximum atomic E-state index is 12.7. The first-order chi connectivity index (χ1) is 14.3. The maximum Gasteiger partial charge on any atom is 0.233 e. The summed E-state index contributed by atoms with van der Waals surface area (Å²) in [5.41, 5.74) is 2.52. The molecular weight excluding hydrogens is 382 g/mol. The Hall–Kier alpha value is -2.67. The Morgan fingerprint density at radius 3 is 2.31 bits per heavy atom. The molecule has 0 unspecified atom stereocenters. The minimum atomic E-state index is 0.169. The number of amides is 1. The quantitative estimate of drug-likeness (QED) is 0.563. The number of hydrogen-bond donors (Lipinski definition) is 0. The van der Waals surface area contributed by atoms with E-state index in [0.717, 1.165) is 37.9 Å². The monoisotopic (exact) mass is 407 g/mol. The number of benzene rings is 2. The fraction of sp³-hybridized carbons (Fsp3) is 0.364. The summed E-state index contributed by atoms with van der Waals surface area (Å²) in [5.74, 6) is 1.20. The van der Waals surface area contributed by atoms with Crippen molar-refractivity contribution in [1.29, 1.82) is 0 Å². The zero-order valence-electron chi connectivity index (χ0n) is 16.4. The third-order valence-electron chi connectivity index (χ3n) is 5.33. The molecule has 6 nitrogen and oxygen atoms in total. The molecule has 1 amide bonds. The van der Waals surface area contributed by atoms with Gasteiger partial charge in [0.15, 0.2) is 0 Å². The van der Waals surface area contributed by atoms with E-state index in [9.17, 15) is 4.79 Å². The number of likely N-dealkylation sites (tertiary alicyclic amines) is 1. The highest BCUT2D eigenvalue weighted by Gasteiger charge is 2.23. The lowest BCUT2D eigenvalue weighted by molar-refractivity contribution is -0.129. The molecule has 1 fully saturated rings. The van der Waals surface area contributed by atoms with Crippen LogP contribution in [-0.2, 0) is 17.8 Å². The minimum Gasteiger partial charge on any atom is -0.342 e. The number of piperidine rings is 1. The molecule has 1 aromatic heterocycles. The Morgan fingerprint density at radius 1 is 0.966 bits per heavy atom. The molecule has 150 valence electrons. The van der Waals surface area contributed by atoms with E-state index in [1.54, 1.807) is 4.68 Å². The van der Waals surface area contributed by atoms with Gasteiger partial charge in [0.1, 0.15) is 0 Å². The van der Waals surface area contributed by atoms with E-state index < -0.39 is 0 Å². The summed E-state index contributed by atoms with van der Waals surface area (Å²) in [4.78, 5) is 14.6. The van der Waals surface area contributed by atoms with Crippen molar-refractivity contribution in [2.24, 2.45) is 5.92 Å². The second-order valence-electron chi connectivity index (χ2n) is 7.41. The van der Waals surface area contributed by atoms with Crippen molar-refractivity contribution in [3.8, 4) is 0 Å². The standard InChI is InChI=1S/C22H25N5OS/c28-21(26-13-11-19(12-14-26)15-18-7-3-1-4-8-18)17-29-22-23-24-25-27(22)16-20-9-5-2-6-10-20/h1-10,19H,11-17H2. The number of rotatable bonds is 7. The topological polar surface area (TPSA) is 63.9 Å². The number of tetrazole rings is 1. The van der Waals surface area contributed by atoms with Gasteiger partial charge in [-0.05, 0) is 46.7 Å². The number of nitrogens with zero attached hydrogens (tertiary/aromatic N) is 5. The van der Waals surface area contributed by atoms with Gasteiger partial charge in [-0.15, -0.1) is 5.10 Å². The second-order valence-corrected chi connectivity index (χ2v) is 8.35. The van der Waals surface area contributed by atoms with Crippen molar-refractivity contribution in [1.82, 2.24) is 25.1 Å². The van der Waals surface area contributed by atoms with E-state index in [1.807, 2.05) is 35.2 Å². The highest BCUT2D eigenvalue weighted by molar-refractivity contribution is 7.99. The number of aromatic nitrogens is 4. The van der Waals surface area contributed by atoms with Gasteiger partial charge < -0.3 is 4.90 Å². The smallest absolute Gasteiger partial charge is 0.233 e. The highest BCUT2D eigenvalue weighted by Crippen LogP contribution is 2.23. The summed E-state index contributed by atoms with van der Waals surface area (Å²) in [5, 5.41) is 12.6. The zero-order valence-corrected chi connectivity index (χ0v) is 17.2. The first-order valence-corrected chi connectivity index (χ1v) is 11.0. The molecule has 29 heavy (non-hydrogen) atoms. The molecule has 0 radical (unpaired) electrons. The lowest BCUT2D eigenvalue weighted by atomic mass is 9.90. The summed E-state index contributed by atoms with van der Waals surface area (Å²) >= 11 is 1.41. The van der Waals surface area contributed by atoms with Gasteiger partial charge in [0.2, 0.25) is 11.1 Å². The second kappa shape index (κ2) is 9.69. The number of carbonyl (C=O) groups excluding carboxylic acids is 1. The molecule has 0 spiro atoms. The SMILES string of the molecule is O=C(CSc1nnnn1Cc1ccccc1)N1CCC(Cc2ccccc2)CC1. The minimum absolute atomic E-state index is 0.169. The van der Waals surface area contributed by atoms with Crippen LogP contribution >= 0.6 is 11.8 Å². The third-order valence-corrected chi connectivity index (χ3v) is 6.28. The normalized spacial score (nSPS) is 14.8. The van der Waals surface area contributed by atoms with Gasteiger partial charge in [-0.3, -0.25) is 4.79 Å². The van der Waals surface area contributed by atoms with Crippen LogP contribution in [0.25, 0.3) is 0 Å². The van der Waals surface area contributed by atoms with Crippen LogP contribution in [-0.4, -0.2) is 49.9 Å². The van der Waals surface area contributed by atoms with Crippen molar-refractivity contribution < 1.29 is 4.79 Å². The predicted molar refractivity (Wildman–Crippen MR) is 114 cm³/mol. The molecule has 2 heterocycles. The Kier molecular flexibility index (Phi) is 6.56. The van der Waals surface area contributed by atoms with E-state index in [0.29, 0.717) is 23.4 Å². The van der Waals surface area contributed by atoms with Crippen LogP contribution in [0.5, 0.6) is 0 Å². The van der Waals surface area contributed by atoms with E-state index in [4.69, 9.17) is 0 Å². The first-order valence-electron chi connectivity index (χ1n) is 10.0. The van der Waals surface area contributed by atoms with Gasteiger partial charge in [-0.1, -0.05) is 72.4 Å². The average molecular weight is 408 g/mol.